The highest BCUT2D eigenvalue weighted by Gasteiger charge is 2.26. The third-order valence-corrected chi connectivity index (χ3v) is 5.28. The van der Waals surface area contributed by atoms with Gasteiger partial charge in [0.1, 0.15) is 10.5 Å². The smallest absolute Gasteiger partial charge is 0.245 e. The molecule has 0 aromatic carbocycles. The first-order valence-electron chi connectivity index (χ1n) is 7.02. The highest BCUT2D eigenvalue weighted by molar-refractivity contribution is 7.89. The third kappa shape index (κ3) is 3.42. The fourth-order valence-corrected chi connectivity index (χ4v) is 3.78. The van der Waals surface area contributed by atoms with Crippen molar-refractivity contribution in [1.29, 1.82) is 0 Å². The van der Waals surface area contributed by atoms with E-state index in [2.05, 4.69) is 9.97 Å². The van der Waals surface area contributed by atoms with Gasteiger partial charge in [0, 0.05) is 38.0 Å². The second kappa shape index (κ2) is 7.02. The minimum absolute atomic E-state index is 0.276. The van der Waals surface area contributed by atoms with Crippen molar-refractivity contribution in [3.05, 3.63) is 24.5 Å². The Morgan fingerprint density at radius 2 is 2.19 bits per heavy atom. The molecule has 0 aliphatic rings. The number of fused-ring (bicyclic) bond motifs is 1. The topological polar surface area (TPSA) is 75.3 Å². The number of rotatable bonds is 8. The summed E-state index contributed by atoms with van der Waals surface area (Å²) in [4.78, 5) is 7.32. The number of H-pyrrole nitrogens is 1. The number of hydrogen-bond acceptors (Lipinski definition) is 4. The number of ether oxygens (including phenoxy) is 1. The first-order chi connectivity index (χ1) is 10.1. The third-order valence-electron chi connectivity index (χ3n) is 3.34. The number of unbranched alkanes of at least 4 members (excludes halogenated alkanes) is 1. The van der Waals surface area contributed by atoms with Gasteiger partial charge >= 0.3 is 0 Å². The molecule has 0 bridgehead atoms. The first kappa shape index (κ1) is 15.9. The number of hydrogen-bond donors (Lipinski definition) is 1. The molecule has 0 unspecified atom stereocenters. The van der Waals surface area contributed by atoms with Crippen molar-refractivity contribution in [1.82, 2.24) is 14.3 Å². The Labute approximate surface area is 125 Å². The van der Waals surface area contributed by atoms with E-state index in [1.54, 1.807) is 25.4 Å². The van der Waals surface area contributed by atoms with E-state index in [1.807, 2.05) is 6.92 Å². The predicted molar refractivity (Wildman–Crippen MR) is 81.6 cm³/mol. The summed E-state index contributed by atoms with van der Waals surface area (Å²) in [6.07, 6.45) is 4.91. The van der Waals surface area contributed by atoms with Crippen molar-refractivity contribution in [2.45, 2.75) is 24.7 Å². The number of nitrogens with zero attached hydrogens (tertiary/aromatic N) is 2. The summed E-state index contributed by atoms with van der Waals surface area (Å²) in [5, 5.41) is 0.622. The molecule has 0 saturated heterocycles. The molecule has 0 atom stereocenters. The summed E-state index contributed by atoms with van der Waals surface area (Å²) in [6.45, 7) is 3.27. The predicted octanol–water partition coefficient (Wildman–Crippen LogP) is 2.00. The fourth-order valence-electron chi connectivity index (χ4n) is 2.16. The average molecular weight is 311 g/mol. The standard InChI is InChI=1S/C14H21N3O3S/c1-3-4-8-17(9-10-20-2)21(18,19)13-11-16-14-12(13)6-5-7-15-14/h5-7,11H,3-4,8-10H2,1-2H3,(H,15,16). The van der Waals surface area contributed by atoms with Crippen molar-refractivity contribution >= 4 is 21.1 Å². The fraction of sp³-hybridized carbons (Fsp3) is 0.500. The lowest BCUT2D eigenvalue weighted by atomic mass is 10.3. The van der Waals surface area contributed by atoms with Crippen LogP contribution in [-0.4, -0.2) is 49.5 Å². The van der Waals surface area contributed by atoms with Gasteiger partial charge in [0.15, 0.2) is 0 Å². The molecule has 2 rings (SSSR count). The number of sulfonamides is 1. The molecule has 116 valence electrons. The van der Waals surface area contributed by atoms with Gasteiger partial charge in [0.25, 0.3) is 0 Å². The minimum atomic E-state index is -3.55. The Morgan fingerprint density at radius 3 is 2.90 bits per heavy atom. The molecule has 21 heavy (non-hydrogen) atoms. The summed E-state index contributed by atoms with van der Waals surface area (Å²) in [5.74, 6) is 0. The lowest BCUT2D eigenvalue weighted by Crippen LogP contribution is -2.34. The molecule has 0 radical (unpaired) electrons. The normalized spacial score (nSPS) is 12.3. The lowest BCUT2D eigenvalue weighted by molar-refractivity contribution is 0.178. The number of aromatic amines is 1. The summed E-state index contributed by atoms with van der Waals surface area (Å²) in [7, 11) is -1.98. The van der Waals surface area contributed by atoms with E-state index in [1.165, 1.54) is 10.5 Å². The summed E-state index contributed by atoms with van der Waals surface area (Å²) in [5.41, 5.74) is 0.582. The Morgan fingerprint density at radius 1 is 1.38 bits per heavy atom. The van der Waals surface area contributed by atoms with Gasteiger partial charge in [0.05, 0.1) is 6.61 Å². The molecular weight excluding hydrogens is 290 g/mol. The van der Waals surface area contributed by atoms with Crippen LogP contribution >= 0.6 is 0 Å². The van der Waals surface area contributed by atoms with Crippen molar-refractivity contribution in [3.63, 3.8) is 0 Å². The van der Waals surface area contributed by atoms with Gasteiger partial charge in [0.2, 0.25) is 10.0 Å². The van der Waals surface area contributed by atoms with E-state index in [4.69, 9.17) is 4.74 Å². The van der Waals surface area contributed by atoms with E-state index in [9.17, 15) is 8.42 Å². The molecule has 1 N–H and O–H groups in total. The molecular formula is C14H21N3O3S. The Hall–Kier alpha value is -1.44. The summed E-state index contributed by atoms with van der Waals surface area (Å²) < 4.78 is 32.2. The van der Waals surface area contributed by atoms with Crippen molar-refractivity contribution in [2.75, 3.05) is 26.8 Å². The van der Waals surface area contributed by atoms with Crippen LogP contribution in [0, 0.1) is 0 Å². The molecule has 0 aliphatic heterocycles. The van der Waals surface area contributed by atoms with Crippen LogP contribution in [0.1, 0.15) is 19.8 Å². The van der Waals surface area contributed by atoms with Gasteiger partial charge in [-0.3, -0.25) is 0 Å². The van der Waals surface area contributed by atoms with Crippen molar-refractivity contribution in [2.24, 2.45) is 0 Å². The summed E-state index contributed by atoms with van der Waals surface area (Å²) in [6, 6.07) is 3.50. The highest BCUT2D eigenvalue weighted by atomic mass is 32.2. The van der Waals surface area contributed by atoms with E-state index in [-0.39, 0.29) is 4.90 Å². The number of aromatic nitrogens is 2. The zero-order chi connectivity index (χ0) is 15.3. The van der Waals surface area contributed by atoms with Crippen LogP contribution in [0.3, 0.4) is 0 Å². The molecule has 0 saturated carbocycles. The van der Waals surface area contributed by atoms with Crippen molar-refractivity contribution in [3.8, 4) is 0 Å². The van der Waals surface area contributed by atoms with Crippen LogP contribution in [0.2, 0.25) is 0 Å². The van der Waals surface area contributed by atoms with Gasteiger partial charge in [-0.1, -0.05) is 13.3 Å². The van der Waals surface area contributed by atoms with Crippen LogP contribution < -0.4 is 0 Å². The van der Waals surface area contributed by atoms with Gasteiger partial charge in [-0.2, -0.15) is 4.31 Å². The van der Waals surface area contributed by atoms with Crippen LogP contribution in [-0.2, 0) is 14.8 Å². The second-order valence-corrected chi connectivity index (χ2v) is 6.71. The van der Waals surface area contributed by atoms with Gasteiger partial charge in [-0.15, -0.1) is 0 Å². The molecule has 0 fully saturated rings. The van der Waals surface area contributed by atoms with Crippen molar-refractivity contribution < 1.29 is 13.2 Å². The van der Waals surface area contributed by atoms with Gasteiger partial charge in [-0.25, -0.2) is 13.4 Å². The zero-order valence-electron chi connectivity index (χ0n) is 12.4. The average Bonchev–Trinajstić information content (AvgIpc) is 2.91. The number of nitrogens with one attached hydrogen (secondary N) is 1. The van der Waals surface area contributed by atoms with Crippen LogP contribution in [0.25, 0.3) is 11.0 Å². The monoisotopic (exact) mass is 311 g/mol. The van der Waals surface area contributed by atoms with Gasteiger partial charge in [-0.05, 0) is 18.6 Å². The Balaban J connectivity index is 2.36. The molecule has 6 nitrogen and oxygen atoms in total. The SMILES string of the molecule is CCCCN(CCOC)S(=O)(=O)c1c[nH]c2ncccc12. The Bertz CT molecular complexity index is 674. The maximum Gasteiger partial charge on any atom is 0.245 e. The molecule has 2 aromatic rings. The Kier molecular flexibility index (Phi) is 5.33. The van der Waals surface area contributed by atoms with E-state index < -0.39 is 10.0 Å². The zero-order valence-corrected chi connectivity index (χ0v) is 13.2. The first-order valence-corrected chi connectivity index (χ1v) is 8.46. The molecule has 2 heterocycles. The van der Waals surface area contributed by atoms with Crippen LogP contribution in [0.5, 0.6) is 0 Å². The van der Waals surface area contributed by atoms with E-state index in [0.717, 1.165) is 12.8 Å². The largest absolute Gasteiger partial charge is 0.383 e. The molecule has 0 amide bonds. The number of pyridine rings is 1. The lowest BCUT2D eigenvalue weighted by Gasteiger charge is -2.21. The quantitative estimate of drug-likeness (QED) is 0.809. The highest BCUT2D eigenvalue weighted by Crippen LogP contribution is 2.24. The van der Waals surface area contributed by atoms with E-state index in [0.29, 0.717) is 30.7 Å². The summed E-state index contributed by atoms with van der Waals surface area (Å²) >= 11 is 0. The van der Waals surface area contributed by atoms with Crippen LogP contribution in [0.15, 0.2) is 29.4 Å². The van der Waals surface area contributed by atoms with Crippen LogP contribution in [0.4, 0.5) is 0 Å². The van der Waals surface area contributed by atoms with Gasteiger partial charge < -0.3 is 9.72 Å². The maximum atomic E-state index is 12.8. The molecule has 7 heteroatoms. The number of methoxy groups -OCH3 is 1. The molecule has 0 spiro atoms. The van der Waals surface area contributed by atoms with E-state index >= 15 is 0 Å². The maximum absolute atomic E-state index is 12.8. The molecule has 2 aromatic heterocycles. The second-order valence-electron chi connectivity index (χ2n) is 4.80. The minimum Gasteiger partial charge on any atom is -0.383 e. The molecule has 0 aliphatic carbocycles.